The third kappa shape index (κ3) is 17.0. The van der Waals surface area contributed by atoms with Crippen molar-refractivity contribution >= 4 is 241 Å². The third-order valence-electron chi connectivity index (χ3n) is 25.7. The summed E-state index contributed by atoms with van der Waals surface area (Å²) in [5.74, 6) is 0. The highest BCUT2D eigenvalue weighted by atomic mass is 79.9. The molecule has 7 aromatic heterocycles. The van der Waals surface area contributed by atoms with Gasteiger partial charge in [0.1, 0.15) is 78.2 Å². The van der Waals surface area contributed by atoms with Crippen molar-refractivity contribution in [3.8, 4) is 66.8 Å². The molecule has 28 aromatic rings. The van der Waals surface area contributed by atoms with Crippen LogP contribution in [0.3, 0.4) is 0 Å². The minimum absolute atomic E-state index is 0.749. The quantitative estimate of drug-likeness (QED) is 0.135. The van der Waals surface area contributed by atoms with Crippen molar-refractivity contribution in [2.75, 3.05) is 10.2 Å². The van der Waals surface area contributed by atoms with Crippen LogP contribution in [0.2, 0.25) is 5.02 Å². The number of halogens is 4. The average molecular weight is 2010 g/mol. The lowest BCUT2D eigenvalue weighted by molar-refractivity contribution is 0.666. The molecule has 0 radical (unpaired) electrons. The van der Waals surface area contributed by atoms with Crippen molar-refractivity contribution in [1.29, 1.82) is 0 Å². The Labute approximate surface area is 828 Å². The first-order chi connectivity index (χ1) is 68.5. The number of para-hydroxylation sites is 9. The van der Waals surface area contributed by atoms with Crippen LogP contribution in [-0.4, -0.2) is 0 Å². The number of nitrogens with one attached hydrogen (secondary N) is 1. The van der Waals surface area contributed by atoms with Gasteiger partial charge in [-0.25, -0.2) is 0 Å². The number of hydrogen-bond acceptors (Lipinski definition) is 9. The molecule has 662 valence electrons. The van der Waals surface area contributed by atoms with Crippen LogP contribution in [0.4, 0.5) is 28.4 Å². The number of nitrogens with zero attached hydrogens (tertiary/aromatic N) is 1. The largest absolute Gasteiger partial charge is 0.456 e. The minimum Gasteiger partial charge on any atom is -0.456 e. The molecule has 21 aromatic carbocycles. The Morgan fingerprint density at radius 1 is 0.180 bits per heavy atom. The SMILES string of the molecule is Brc1ccc(-c2ccc(N(c3ccc(-c4ccc5oc6ccccc6c5c4)cc3)c3ccc(-c4cccc5c4oc4ccccc45)cc3)cc2)cc1.Brc1ccc2c(c1)oc1ccccc12.Brc1cccc2c1oc1ccccc12.Clc1ccc(-c2ccc3c(c2)oc2ccccc23)cc1.c1ccc2c(c1)oc1cc(-c3ccc(Nc4ccc(-c5ccc6c(c5)oc5ccccc56)cc4)cc3)ccc12. The van der Waals surface area contributed by atoms with E-state index < -0.39 is 0 Å². The van der Waals surface area contributed by atoms with Gasteiger partial charge in [-0.05, 0) is 277 Å². The molecular formula is C126H78Br3ClN2O7. The first kappa shape index (κ1) is 85.5. The van der Waals surface area contributed by atoms with Crippen LogP contribution in [0.15, 0.2) is 511 Å². The third-order valence-corrected chi connectivity index (χ3v) is 27.6. The van der Waals surface area contributed by atoms with Crippen LogP contribution in [-0.2, 0) is 0 Å². The Bertz CT molecular complexity index is 9310. The van der Waals surface area contributed by atoms with Gasteiger partial charge in [0, 0.05) is 123 Å². The van der Waals surface area contributed by atoms with Gasteiger partial charge in [0.15, 0.2) is 0 Å². The zero-order chi connectivity index (χ0) is 93.0. The molecule has 0 unspecified atom stereocenters. The average Bonchev–Trinajstić information content (AvgIpc) is 1.75. The lowest BCUT2D eigenvalue weighted by atomic mass is 10.0. The summed E-state index contributed by atoms with van der Waals surface area (Å²) in [5, 5.41) is 20.4. The van der Waals surface area contributed by atoms with E-state index in [0.717, 1.165) is 240 Å². The number of anilines is 5. The minimum atomic E-state index is 0.749. The first-order valence-corrected chi connectivity index (χ1v) is 48.5. The molecule has 139 heavy (non-hydrogen) atoms. The molecule has 7 heterocycles. The van der Waals surface area contributed by atoms with E-state index in [4.69, 9.17) is 42.5 Å². The summed E-state index contributed by atoms with van der Waals surface area (Å²) < 4.78 is 45.1. The van der Waals surface area contributed by atoms with E-state index in [9.17, 15) is 0 Å². The number of fused-ring (bicyclic) bond motifs is 21. The first-order valence-electron chi connectivity index (χ1n) is 45.8. The molecular weight excluding hydrogens is 1930 g/mol. The molecule has 0 aliphatic heterocycles. The lowest BCUT2D eigenvalue weighted by Crippen LogP contribution is -2.09. The van der Waals surface area contributed by atoms with Crippen molar-refractivity contribution in [2.45, 2.75) is 0 Å². The molecule has 0 saturated carbocycles. The highest BCUT2D eigenvalue weighted by Gasteiger charge is 2.20. The van der Waals surface area contributed by atoms with Gasteiger partial charge in [-0.15, -0.1) is 0 Å². The van der Waals surface area contributed by atoms with Crippen LogP contribution in [0.5, 0.6) is 0 Å². The van der Waals surface area contributed by atoms with Crippen molar-refractivity contribution in [3.63, 3.8) is 0 Å². The van der Waals surface area contributed by atoms with Crippen molar-refractivity contribution in [3.05, 3.63) is 486 Å². The smallest absolute Gasteiger partial charge is 0.149 e. The van der Waals surface area contributed by atoms with Gasteiger partial charge in [0.2, 0.25) is 0 Å². The van der Waals surface area contributed by atoms with Crippen LogP contribution < -0.4 is 10.2 Å². The van der Waals surface area contributed by atoms with E-state index in [0.29, 0.717) is 0 Å². The van der Waals surface area contributed by atoms with Gasteiger partial charge in [0.05, 0.1) is 4.47 Å². The van der Waals surface area contributed by atoms with Crippen LogP contribution in [0, 0.1) is 0 Å². The number of rotatable bonds is 11. The van der Waals surface area contributed by atoms with E-state index >= 15 is 0 Å². The fourth-order valence-electron chi connectivity index (χ4n) is 18.8. The number of hydrogen-bond donors (Lipinski definition) is 1. The van der Waals surface area contributed by atoms with E-state index in [1.54, 1.807) is 0 Å². The zero-order valence-corrected chi connectivity index (χ0v) is 79.8. The Kier molecular flexibility index (Phi) is 22.7. The maximum Gasteiger partial charge on any atom is 0.149 e. The summed E-state index contributed by atoms with van der Waals surface area (Å²) >= 11 is 16.4. The molecule has 0 aliphatic carbocycles. The topological polar surface area (TPSA) is 107 Å². The van der Waals surface area contributed by atoms with E-state index in [-0.39, 0.29) is 0 Å². The molecule has 9 nitrogen and oxygen atoms in total. The summed E-state index contributed by atoms with van der Waals surface area (Å²) in [6.45, 7) is 0. The summed E-state index contributed by atoms with van der Waals surface area (Å²) in [7, 11) is 0. The van der Waals surface area contributed by atoms with Gasteiger partial charge < -0.3 is 41.1 Å². The Hall–Kier alpha value is -16.5. The maximum atomic E-state index is 6.38. The second-order valence-electron chi connectivity index (χ2n) is 34.2. The second-order valence-corrected chi connectivity index (χ2v) is 37.4. The van der Waals surface area contributed by atoms with Gasteiger partial charge in [0.25, 0.3) is 0 Å². The molecule has 28 rings (SSSR count). The van der Waals surface area contributed by atoms with Crippen molar-refractivity contribution < 1.29 is 30.9 Å². The van der Waals surface area contributed by atoms with E-state index in [1.165, 1.54) is 27.3 Å². The molecule has 0 amide bonds. The lowest BCUT2D eigenvalue weighted by Gasteiger charge is -2.26. The Morgan fingerprint density at radius 3 is 0.871 bits per heavy atom. The molecule has 1 N–H and O–H groups in total. The zero-order valence-electron chi connectivity index (χ0n) is 74.3. The highest BCUT2D eigenvalue weighted by Crippen LogP contribution is 2.45. The molecule has 13 heteroatoms. The monoisotopic (exact) mass is 2000 g/mol. The molecule has 0 atom stereocenters. The predicted molar refractivity (Wildman–Crippen MR) is 588 cm³/mol. The summed E-state index contributed by atoms with van der Waals surface area (Å²) in [6, 6.07) is 161. The highest BCUT2D eigenvalue weighted by molar-refractivity contribution is 9.11. The normalized spacial score (nSPS) is 11.5. The predicted octanol–water partition coefficient (Wildman–Crippen LogP) is 39.9. The number of benzene rings is 21. The summed E-state index contributed by atoms with van der Waals surface area (Å²) in [4.78, 5) is 2.31. The summed E-state index contributed by atoms with van der Waals surface area (Å²) in [5.41, 5.74) is 31.9. The Morgan fingerprint density at radius 2 is 0.446 bits per heavy atom. The van der Waals surface area contributed by atoms with E-state index in [2.05, 4.69) is 361 Å². The fraction of sp³-hybridized carbons (Fsp3) is 0. The number of furan rings is 7. The van der Waals surface area contributed by atoms with E-state index in [1.807, 2.05) is 164 Å². The van der Waals surface area contributed by atoms with Crippen molar-refractivity contribution in [1.82, 2.24) is 0 Å². The molecule has 0 spiro atoms. The van der Waals surface area contributed by atoms with Gasteiger partial charge in [-0.3, -0.25) is 0 Å². The van der Waals surface area contributed by atoms with Crippen LogP contribution in [0.25, 0.3) is 220 Å². The summed E-state index contributed by atoms with van der Waals surface area (Å²) in [6.07, 6.45) is 0. The van der Waals surface area contributed by atoms with Gasteiger partial charge in [-0.1, -0.05) is 310 Å². The van der Waals surface area contributed by atoms with Gasteiger partial charge in [-0.2, -0.15) is 0 Å². The molecule has 0 aliphatic rings. The van der Waals surface area contributed by atoms with Gasteiger partial charge >= 0.3 is 0 Å². The Balaban J connectivity index is 0.000000104. The molecule has 0 saturated heterocycles. The molecule has 0 bridgehead atoms. The van der Waals surface area contributed by atoms with Crippen molar-refractivity contribution in [2.24, 2.45) is 0 Å². The van der Waals surface area contributed by atoms with Crippen LogP contribution >= 0.6 is 59.4 Å². The second kappa shape index (κ2) is 37.0. The molecule has 0 fully saturated rings. The maximum absolute atomic E-state index is 6.38. The van der Waals surface area contributed by atoms with Crippen LogP contribution in [0.1, 0.15) is 0 Å². The fourth-order valence-corrected chi connectivity index (χ4v) is 20.0. The standard InChI is InChI=1S/C48H30BrNO2.C36H23NO2.C18H11ClO.2C12H7BrO/c49-36-21-12-31(13-22-36)32-14-23-37(24-15-32)50(38-25-16-33(17-26-38)35-20-29-47-44(30-35)42-7-2-3-10-45(42)51-47)39-27-18-34(19-28-39)40-8-5-9-43-41-6-1-4-11-46(41)52-48(40)43;1-3-7-33-29(5-1)31-19-13-25(21-35(31)38-33)23-9-15-27(16-10-23)37-28-17-11-24(12-18-28)26-14-20-32-30-6-2-4-8-34(30)39-36(32)22-26;19-14-8-5-12(6-9-14)13-7-10-16-15-3-1-2-4-17(15)20-18(16)11-13;13-10-6-3-5-9-8-4-1-2-7-11(8)14-12(9)10;13-8-5-6-10-9-3-1-2-4-11(9)14-12(10)7-8/h1-30H;1-22,37H;1-11H;2*1-7H.